The monoisotopic (exact) mass is 272 g/mol. The number of hydrogen-bond acceptors (Lipinski definition) is 2. The molecule has 0 aliphatic heterocycles. The lowest BCUT2D eigenvalue weighted by Gasteiger charge is -2.03. The molecule has 0 aliphatic carbocycles. The fourth-order valence-electron chi connectivity index (χ4n) is 1.24. The van der Waals surface area contributed by atoms with Gasteiger partial charge in [0.05, 0.1) is 10.0 Å². The molecule has 0 unspecified atom stereocenters. The number of nitrogens with zero attached hydrogens (tertiary/aromatic N) is 1. The largest absolute Gasteiger partial charge is 0.271 e. The first-order valence-electron chi connectivity index (χ1n) is 5.39. The van der Waals surface area contributed by atoms with Crippen molar-refractivity contribution in [1.82, 2.24) is 5.43 Å². The van der Waals surface area contributed by atoms with E-state index in [1.165, 1.54) is 6.07 Å². The first-order chi connectivity index (χ1) is 8.08. The highest BCUT2D eigenvalue weighted by Gasteiger charge is 2.07. The molecule has 1 aromatic carbocycles. The van der Waals surface area contributed by atoms with E-state index in [1.807, 2.05) is 13.8 Å². The number of hydrogen-bond donors (Lipinski definition) is 1. The van der Waals surface area contributed by atoms with Crippen molar-refractivity contribution in [2.45, 2.75) is 26.7 Å². The van der Waals surface area contributed by atoms with E-state index in [-0.39, 0.29) is 5.91 Å². The Bertz CT molecular complexity index is 438. The van der Waals surface area contributed by atoms with Crippen molar-refractivity contribution in [3.8, 4) is 0 Å². The van der Waals surface area contributed by atoms with E-state index in [1.54, 1.807) is 12.1 Å². The Morgan fingerprint density at radius 3 is 2.41 bits per heavy atom. The Hall–Kier alpha value is -1.06. The summed E-state index contributed by atoms with van der Waals surface area (Å²) in [6.45, 7) is 3.99. The van der Waals surface area contributed by atoms with Crippen molar-refractivity contribution in [3.63, 3.8) is 0 Å². The SMILES string of the molecule is CCC(CC)=NNC(=O)c1ccc(Cl)c(Cl)c1. The molecule has 5 heteroatoms. The Morgan fingerprint density at radius 2 is 1.88 bits per heavy atom. The fraction of sp³-hybridized carbons (Fsp3) is 0.333. The van der Waals surface area contributed by atoms with Gasteiger partial charge in [-0.3, -0.25) is 4.79 Å². The maximum Gasteiger partial charge on any atom is 0.271 e. The predicted octanol–water partition coefficient (Wildman–Crippen LogP) is 3.90. The minimum Gasteiger partial charge on any atom is -0.267 e. The minimum absolute atomic E-state index is 0.289. The summed E-state index contributed by atoms with van der Waals surface area (Å²) in [7, 11) is 0. The zero-order valence-electron chi connectivity index (χ0n) is 9.76. The summed E-state index contributed by atoms with van der Waals surface area (Å²) >= 11 is 11.6. The van der Waals surface area contributed by atoms with Gasteiger partial charge in [-0.2, -0.15) is 5.10 Å². The van der Waals surface area contributed by atoms with Gasteiger partial charge in [-0.15, -0.1) is 0 Å². The molecular weight excluding hydrogens is 259 g/mol. The Balaban J connectivity index is 2.77. The second-order valence-electron chi connectivity index (χ2n) is 3.45. The van der Waals surface area contributed by atoms with E-state index < -0.39 is 0 Å². The van der Waals surface area contributed by atoms with Gasteiger partial charge in [0, 0.05) is 11.3 Å². The van der Waals surface area contributed by atoms with E-state index >= 15 is 0 Å². The van der Waals surface area contributed by atoms with Crippen LogP contribution in [0.2, 0.25) is 10.0 Å². The molecule has 0 aromatic heterocycles. The highest BCUT2D eigenvalue weighted by atomic mass is 35.5. The number of halogens is 2. The predicted molar refractivity (Wildman–Crippen MR) is 71.9 cm³/mol. The lowest BCUT2D eigenvalue weighted by molar-refractivity contribution is 0.0954. The molecule has 0 aliphatic rings. The van der Waals surface area contributed by atoms with E-state index in [0.29, 0.717) is 15.6 Å². The molecule has 0 heterocycles. The quantitative estimate of drug-likeness (QED) is 0.656. The average molecular weight is 273 g/mol. The van der Waals surface area contributed by atoms with Crippen LogP contribution in [-0.2, 0) is 0 Å². The van der Waals surface area contributed by atoms with Gasteiger partial charge in [0.15, 0.2) is 0 Å². The van der Waals surface area contributed by atoms with Crippen LogP contribution in [0, 0.1) is 0 Å². The van der Waals surface area contributed by atoms with Crippen LogP contribution in [0.1, 0.15) is 37.0 Å². The van der Waals surface area contributed by atoms with Gasteiger partial charge < -0.3 is 0 Å². The molecular formula is C12H14Cl2N2O. The van der Waals surface area contributed by atoms with Gasteiger partial charge in [-0.25, -0.2) is 5.43 Å². The number of rotatable bonds is 4. The molecule has 0 spiro atoms. The first kappa shape index (κ1) is 14.0. The molecule has 1 amide bonds. The van der Waals surface area contributed by atoms with Gasteiger partial charge in [0.2, 0.25) is 0 Å². The van der Waals surface area contributed by atoms with Crippen LogP contribution in [0.25, 0.3) is 0 Å². The number of nitrogens with one attached hydrogen (secondary N) is 1. The van der Waals surface area contributed by atoms with Crippen molar-refractivity contribution in [2.75, 3.05) is 0 Å². The topological polar surface area (TPSA) is 41.5 Å². The van der Waals surface area contributed by atoms with Crippen molar-refractivity contribution < 1.29 is 4.79 Å². The summed E-state index contributed by atoms with van der Waals surface area (Å²) in [5, 5.41) is 4.81. The van der Waals surface area contributed by atoms with Crippen LogP contribution >= 0.6 is 23.2 Å². The second-order valence-corrected chi connectivity index (χ2v) is 4.27. The molecule has 1 rings (SSSR count). The van der Waals surface area contributed by atoms with Gasteiger partial charge in [0.1, 0.15) is 0 Å². The lowest BCUT2D eigenvalue weighted by atomic mass is 10.2. The molecule has 3 nitrogen and oxygen atoms in total. The second kappa shape index (κ2) is 6.62. The summed E-state index contributed by atoms with van der Waals surface area (Å²) in [6.07, 6.45) is 1.64. The summed E-state index contributed by atoms with van der Waals surface area (Å²) in [5.41, 5.74) is 3.88. The van der Waals surface area contributed by atoms with Crippen LogP contribution < -0.4 is 5.43 Å². The number of carbonyl (C=O) groups excluding carboxylic acids is 1. The summed E-state index contributed by atoms with van der Waals surface area (Å²) in [5.74, 6) is -0.289. The molecule has 92 valence electrons. The van der Waals surface area contributed by atoms with E-state index in [9.17, 15) is 4.79 Å². The molecule has 0 radical (unpaired) electrons. The van der Waals surface area contributed by atoms with Crippen LogP contribution in [0.4, 0.5) is 0 Å². The van der Waals surface area contributed by atoms with Gasteiger partial charge in [0.25, 0.3) is 5.91 Å². The third kappa shape index (κ3) is 4.02. The number of carbonyl (C=O) groups is 1. The van der Waals surface area contributed by atoms with E-state index in [0.717, 1.165) is 18.6 Å². The number of amides is 1. The van der Waals surface area contributed by atoms with Gasteiger partial charge in [-0.1, -0.05) is 37.0 Å². The van der Waals surface area contributed by atoms with Crippen molar-refractivity contribution >= 4 is 34.8 Å². The Kier molecular flexibility index (Phi) is 5.45. The molecule has 0 fully saturated rings. The van der Waals surface area contributed by atoms with Crippen LogP contribution in [0.15, 0.2) is 23.3 Å². The molecule has 0 bridgehead atoms. The molecule has 0 atom stereocenters. The van der Waals surface area contributed by atoms with Crippen molar-refractivity contribution in [1.29, 1.82) is 0 Å². The van der Waals surface area contributed by atoms with Crippen LogP contribution in [0.5, 0.6) is 0 Å². The zero-order valence-corrected chi connectivity index (χ0v) is 11.3. The van der Waals surface area contributed by atoms with Gasteiger partial charge >= 0.3 is 0 Å². The maximum absolute atomic E-state index is 11.7. The first-order valence-corrected chi connectivity index (χ1v) is 6.14. The smallest absolute Gasteiger partial charge is 0.267 e. The third-order valence-corrected chi connectivity index (χ3v) is 3.05. The summed E-state index contributed by atoms with van der Waals surface area (Å²) in [4.78, 5) is 11.7. The Morgan fingerprint density at radius 1 is 1.24 bits per heavy atom. The molecule has 1 aromatic rings. The zero-order chi connectivity index (χ0) is 12.8. The molecule has 0 saturated carbocycles. The van der Waals surface area contributed by atoms with Crippen LogP contribution in [-0.4, -0.2) is 11.6 Å². The lowest BCUT2D eigenvalue weighted by Crippen LogP contribution is -2.19. The Labute approximate surface area is 111 Å². The normalized spacial score (nSPS) is 9.88. The highest BCUT2D eigenvalue weighted by Crippen LogP contribution is 2.22. The van der Waals surface area contributed by atoms with Crippen LogP contribution in [0.3, 0.4) is 0 Å². The highest BCUT2D eigenvalue weighted by molar-refractivity contribution is 6.42. The minimum atomic E-state index is -0.289. The van der Waals surface area contributed by atoms with E-state index in [4.69, 9.17) is 23.2 Å². The summed E-state index contributed by atoms with van der Waals surface area (Å²) in [6, 6.07) is 4.71. The van der Waals surface area contributed by atoms with Gasteiger partial charge in [-0.05, 0) is 31.0 Å². The molecule has 0 saturated heterocycles. The maximum atomic E-state index is 11.7. The molecule has 1 N–H and O–H groups in total. The van der Waals surface area contributed by atoms with Crippen molar-refractivity contribution in [3.05, 3.63) is 33.8 Å². The fourth-order valence-corrected chi connectivity index (χ4v) is 1.54. The number of hydrazone groups is 1. The van der Waals surface area contributed by atoms with Crippen molar-refractivity contribution in [2.24, 2.45) is 5.10 Å². The summed E-state index contributed by atoms with van der Waals surface area (Å²) < 4.78 is 0. The average Bonchev–Trinajstić information content (AvgIpc) is 2.33. The van der Waals surface area contributed by atoms with E-state index in [2.05, 4.69) is 10.5 Å². The third-order valence-electron chi connectivity index (χ3n) is 2.31. The standard InChI is InChI=1S/C12H14Cl2N2O/c1-3-9(4-2)15-16-12(17)8-5-6-10(13)11(14)7-8/h5-7H,3-4H2,1-2H3,(H,16,17). The molecule has 17 heavy (non-hydrogen) atoms. The number of benzene rings is 1.